The second-order valence-corrected chi connectivity index (χ2v) is 4.35. The van der Waals surface area contributed by atoms with Crippen molar-refractivity contribution in [2.75, 3.05) is 11.9 Å². The molecule has 2 aromatic rings. The largest absolute Gasteiger partial charge is 0.362 e. The predicted molar refractivity (Wildman–Crippen MR) is 68.3 cm³/mol. The molecule has 0 radical (unpaired) electrons. The highest BCUT2D eigenvalue weighted by Gasteiger charge is 2.16. The van der Waals surface area contributed by atoms with Crippen molar-refractivity contribution in [3.63, 3.8) is 0 Å². The Morgan fingerprint density at radius 2 is 2.33 bits per heavy atom. The molecule has 0 fully saturated rings. The van der Waals surface area contributed by atoms with E-state index in [4.69, 9.17) is 0 Å². The van der Waals surface area contributed by atoms with E-state index in [1.165, 1.54) is 23.5 Å². The van der Waals surface area contributed by atoms with Crippen LogP contribution in [0.4, 0.5) is 15.2 Å². The van der Waals surface area contributed by atoms with Gasteiger partial charge in [-0.3, -0.25) is 10.1 Å². The van der Waals surface area contributed by atoms with E-state index >= 15 is 0 Å². The van der Waals surface area contributed by atoms with Crippen molar-refractivity contribution >= 4 is 22.2 Å². The molecule has 0 saturated heterocycles. The van der Waals surface area contributed by atoms with E-state index in [-0.39, 0.29) is 0 Å². The molecule has 0 amide bonds. The zero-order valence-corrected chi connectivity index (χ0v) is 10.3. The van der Waals surface area contributed by atoms with Crippen LogP contribution in [0.5, 0.6) is 0 Å². The van der Waals surface area contributed by atoms with E-state index in [2.05, 4.69) is 10.3 Å². The summed E-state index contributed by atoms with van der Waals surface area (Å²) in [7, 11) is 0. The summed E-state index contributed by atoms with van der Waals surface area (Å²) in [4.78, 5) is 14.2. The lowest BCUT2D eigenvalue weighted by Crippen LogP contribution is -1.95. The van der Waals surface area contributed by atoms with Gasteiger partial charge in [0.15, 0.2) is 5.13 Å². The summed E-state index contributed by atoms with van der Waals surface area (Å²) in [5.74, 6) is -0.842. The summed E-state index contributed by atoms with van der Waals surface area (Å²) < 4.78 is 13.2. The fourth-order valence-electron chi connectivity index (χ4n) is 1.45. The third kappa shape index (κ3) is 2.45. The van der Waals surface area contributed by atoms with Crippen LogP contribution < -0.4 is 5.32 Å². The first-order valence-corrected chi connectivity index (χ1v) is 6.13. The van der Waals surface area contributed by atoms with Crippen LogP contribution >= 0.6 is 11.3 Å². The van der Waals surface area contributed by atoms with Gasteiger partial charge in [0.05, 0.1) is 10.6 Å². The lowest BCUT2D eigenvalue weighted by Gasteiger charge is -1.98. The predicted octanol–water partition coefficient (Wildman–Crippen LogP) is 3.29. The number of hydrogen-bond acceptors (Lipinski definition) is 5. The Bertz CT molecular complexity index is 585. The number of nitrogens with one attached hydrogen (secondary N) is 1. The standard InChI is InChI=1S/C11H10FN3O2S/c1-2-13-11-14-9(6-18-11)7-3-4-8(12)10(5-7)15(16)17/h3-6H,2H2,1H3,(H,13,14). The summed E-state index contributed by atoms with van der Waals surface area (Å²) in [6, 6.07) is 3.76. The smallest absolute Gasteiger partial charge is 0.305 e. The van der Waals surface area contributed by atoms with Crippen LogP contribution in [-0.4, -0.2) is 16.5 Å². The lowest BCUT2D eigenvalue weighted by atomic mass is 10.1. The van der Waals surface area contributed by atoms with Gasteiger partial charge in [-0.1, -0.05) is 0 Å². The number of halogens is 1. The van der Waals surface area contributed by atoms with E-state index in [1.807, 2.05) is 6.92 Å². The van der Waals surface area contributed by atoms with Crippen molar-refractivity contribution in [2.45, 2.75) is 6.92 Å². The Balaban J connectivity index is 2.38. The Kier molecular flexibility index (Phi) is 3.52. The molecular weight excluding hydrogens is 257 g/mol. The number of nitro groups is 1. The minimum atomic E-state index is -0.842. The van der Waals surface area contributed by atoms with Gasteiger partial charge < -0.3 is 5.32 Å². The first kappa shape index (κ1) is 12.4. The molecule has 5 nitrogen and oxygen atoms in total. The van der Waals surface area contributed by atoms with Gasteiger partial charge in [-0.05, 0) is 19.1 Å². The molecule has 0 aliphatic heterocycles. The molecule has 0 bridgehead atoms. The van der Waals surface area contributed by atoms with Gasteiger partial charge in [0.25, 0.3) is 0 Å². The molecule has 0 aliphatic carbocycles. The first-order valence-electron chi connectivity index (χ1n) is 5.25. The van der Waals surface area contributed by atoms with Crippen LogP contribution in [0.1, 0.15) is 6.92 Å². The van der Waals surface area contributed by atoms with E-state index in [0.29, 0.717) is 11.3 Å². The maximum absolute atomic E-state index is 13.2. The number of benzene rings is 1. The van der Waals surface area contributed by atoms with E-state index in [1.54, 1.807) is 5.38 Å². The molecule has 1 N–H and O–H groups in total. The van der Waals surface area contributed by atoms with Gasteiger partial charge in [0, 0.05) is 23.6 Å². The van der Waals surface area contributed by atoms with E-state index in [9.17, 15) is 14.5 Å². The van der Waals surface area contributed by atoms with Crippen molar-refractivity contribution in [1.29, 1.82) is 0 Å². The zero-order valence-electron chi connectivity index (χ0n) is 9.51. The molecule has 0 spiro atoms. The number of anilines is 1. The van der Waals surface area contributed by atoms with Crippen molar-refractivity contribution in [2.24, 2.45) is 0 Å². The van der Waals surface area contributed by atoms with Crippen LogP contribution in [0.25, 0.3) is 11.3 Å². The summed E-state index contributed by atoms with van der Waals surface area (Å²) in [6.45, 7) is 2.69. The fraction of sp³-hybridized carbons (Fsp3) is 0.182. The first-order chi connectivity index (χ1) is 8.61. The quantitative estimate of drug-likeness (QED) is 0.681. The molecule has 0 saturated carbocycles. The van der Waals surface area contributed by atoms with Crippen LogP contribution in [0.15, 0.2) is 23.6 Å². The molecule has 1 aromatic carbocycles. The SMILES string of the molecule is CCNc1nc(-c2ccc(F)c([N+](=O)[O-])c2)cs1. The molecule has 0 aliphatic rings. The molecule has 2 rings (SSSR count). The number of thiazole rings is 1. The van der Waals surface area contributed by atoms with Crippen LogP contribution in [0, 0.1) is 15.9 Å². The highest BCUT2D eigenvalue weighted by molar-refractivity contribution is 7.14. The molecule has 18 heavy (non-hydrogen) atoms. The average molecular weight is 267 g/mol. The Morgan fingerprint density at radius 1 is 1.56 bits per heavy atom. The Labute approximate surface area is 106 Å². The van der Waals surface area contributed by atoms with E-state index in [0.717, 1.165) is 17.7 Å². The molecule has 0 atom stereocenters. The van der Waals surface area contributed by atoms with Gasteiger partial charge in [-0.15, -0.1) is 11.3 Å². The van der Waals surface area contributed by atoms with E-state index < -0.39 is 16.4 Å². The van der Waals surface area contributed by atoms with Crippen molar-refractivity contribution < 1.29 is 9.31 Å². The number of nitro benzene ring substituents is 1. The topological polar surface area (TPSA) is 68.1 Å². The Hall–Kier alpha value is -2.02. The normalized spacial score (nSPS) is 10.3. The minimum Gasteiger partial charge on any atom is -0.362 e. The van der Waals surface area contributed by atoms with Gasteiger partial charge in [0.1, 0.15) is 0 Å². The molecular formula is C11H10FN3O2S. The highest BCUT2D eigenvalue weighted by Crippen LogP contribution is 2.28. The maximum Gasteiger partial charge on any atom is 0.305 e. The lowest BCUT2D eigenvalue weighted by molar-refractivity contribution is -0.387. The molecule has 94 valence electrons. The fourth-order valence-corrected chi connectivity index (χ4v) is 2.24. The second kappa shape index (κ2) is 5.09. The molecule has 1 aromatic heterocycles. The maximum atomic E-state index is 13.2. The van der Waals surface area contributed by atoms with Crippen LogP contribution in [0.2, 0.25) is 0 Å². The number of rotatable bonds is 4. The molecule has 1 heterocycles. The van der Waals surface area contributed by atoms with Gasteiger partial charge in [-0.25, -0.2) is 4.98 Å². The van der Waals surface area contributed by atoms with Crippen molar-refractivity contribution in [3.05, 3.63) is 39.5 Å². The van der Waals surface area contributed by atoms with Gasteiger partial charge >= 0.3 is 5.69 Å². The van der Waals surface area contributed by atoms with Gasteiger partial charge in [0.2, 0.25) is 5.82 Å². The van der Waals surface area contributed by atoms with Crippen LogP contribution in [0.3, 0.4) is 0 Å². The average Bonchev–Trinajstić information content (AvgIpc) is 2.78. The number of hydrogen-bond donors (Lipinski definition) is 1. The highest BCUT2D eigenvalue weighted by atomic mass is 32.1. The summed E-state index contributed by atoms with van der Waals surface area (Å²) >= 11 is 1.40. The summed E-state index contributed by atoms with van der Waals surface area (Å²) in [5, 5.41) is 16.2. The number of aromatic nitrogens is 1. The van der Waals surface area contributed by atoms with Gasteiger partial charge in [-0.2, -0.15) is 4.39 Å². The molecule has 0 unspecified atom stereocenters. The monoisotopic (exact) mass is 267 g/mol. The molecule has 7 heteroatoms. The van der Waals surface area contributed by atoms with Crippen LogP contribution in [-0.2, 0) is 0 Å². The third-order valence-electron chi connectivity index (χ3n) is 2.27. The number of nitrogens with zero attached hydrogens (tertiary/aromatic N) is 2. The summed E-state index contributed by atoms with van der Waals surface area (Å²) in [5.41, 5.74) is 0.591. The van der Waals surface area contributed by atoms with Crippen molar-refractivity contribution in [3.8, 4) is 11.3 Å². The Morgan fingerprint density at radius 3 is 3.00 bits per heavy atom. The zero-order chi connectivity index (χ0) is 13.1. The third-order valence-corrected chi connectivity index (χ3v) is 3.07. The minimum absolute atomic E-state index is 0.531. The summed E-state index contributed by atoms with van der Waals surface area (Å²) in [6.07, 6.45) is 0. The van der Waals surface area contributed by atoms with Crippen molar-refractivity contribution in [1.82, 2.24) is 4.98 Å². The second-order valence-electron chi connectivity index (χ2n) is 3.49.